The highest BCUT2D eigenvalue weighted by Crippen LogP contribution is 2.22. The van der Waals surface area contributed by atoms with Crippen molar-refractivity contribution in [2.75, 3.05) is 0 Å². The fourth-order valence-corrected chi connectivity index (χ4v) is 2.40. The maximum atomic E-state index is 12.4. The lowest BCUT2D eigenvalue weighted by Gasteiger charge is -2.00. The van der Waals surface area contributed by atoms with E-state index in [-0.39, 0.29) is 17.1 Å². The van der Waals surface area contributed by atoms with Crippen molar-refractivity contribution in [2.24, 2.45) is 0 Å². The Bertz CT molecular complexity index is 1130. The van der Waals surface area contributed by atoms with Crippen LogP contribution in [0.3, 0.4) is 0 Å². The number of nitro groups is 1. The zero-order valence-electron chi connectivity index (χ0n) is 12.6. The number of hydrogen-bond donors (Lipinski definition) is 0. The quantitative estimate of drug-likeness (QED) is 0.416. The van der Waals surface area contributed by atoms with Crippen LogP contribution in [0.2, 0.25) is 0 Å². The molecule has 0 saturated carbocycles. The third kappa shape index (κ3) is 2.53. The summed E-state index contributed by atoms with van der Waals surface area (Å²) >= 11 is 0. The van der Waals surface area contributed by atoms with E-state index in [1.165, 1.54) is 24.3 Å². The predicted octanol–water partition coefficient (Wildman–Crippen LogP) is 2.32. The van der Waals surface area contributed by atoms with Crippen LogP contribution in [0.4, 0.5) is 5.69 Å². The summed E-state index contributed by atoms with van der Waals surface area (Å²) in [5.74, 6) is -0.00286. The van der Waals surface area contributed by atoms with Gasteiger partial charge in [0, 0.05) is 23.3 Å². The Morgan fingerprint density at radius 2 is 1.72 bits per heavy atom. The van der Waals surface area contributed by atoms with Gasteiger partial charge in [-0.05, 0) is 17.3 Å². The van der Waals surface area contributed by atoms with Crippen molar-refractivity contribution in [3.05, 3.63) is 75.1 Å². The average molecular weight is 335 g/mol. The van der Waals surface area contributed by atoms with E-state index in [2.05, 4.69) is 15.4 Å². The molecule has 0 bridgehead atoms. The maximum absolute atomic E-state index is 12.4. The third-order valence-electron chi connectivity index (χ3n) is 3.59. The van der Waals surface area contributed by atoms with E-state index in [1.54, 1.807) is 12.1 Å². The smallest absolute Gasteiger partial charge is 0.368 e. The van der Waals surface area contributed by atoms with E-state index in [0.717, 1.165) is 10.2 Å². The van der Waals surface area contributed by atoms with Gasteiger partial charge in [0.2, 0.25) is 11.4 Å². The molecule has 4 aromatic rings. The Balaban J connectivity index is 1.84. The minimum atomic E-state index is -0.646. The normalized spacial score (nSPS) is 10.9. The number of aromatic nitrogens is 4. The van der Waals surface area contributed by atoms with Crippen molar-refractivity contribution < 1.29 is 9.34 Å². The number of fused-ring (bicyclic) bond motifs is 1. The molecule has 0 aliphatic carbocycles. The molecule has 2 heterocycles. The fourth-order valence-electron chi connectivity index (χ4n) is 2.40. The standard InChI is InChI=1S/C16H9N5O4/c22-16-14-13(10-4-2-1-3-5-10)17-19-20(14)18-15(25-16)11-6-8-12(9-7-11)21(23)24/h1-9H. The van der Waals surface area contributed by atoms with E-state index in [0.29, 0.717) is 11.3 Å². The van der Waals surface area contributed by atoms with Crippen LogP contribution in [0, 0.1) is 10.1 Å². The van der Waals surface area contributed by atoms with Crippen molar-refractivity contribution in [3.63, 3.8) is 0 Å². The Morgan fingerprint density at radius 1 is 1.00 bits per heavy atom. The fraction of sp³-hybridized carbons (Fsp3) is 0. The Hall–Kier alpha value is -3.88. The summed E-state index contributed by atoms with van der Waals surface area (Å²) in [5, 5.41) is 22.7. The van der Waals surface area contributed by atoms with E-state index in [9.17, 15) is 14.9 Å². The van der Waals surface area contributed by atoms with Crippen LogP contribution in [0.25, 0.3) is 28.2 Å². The first kappa shape index (κ1) is 14.7. The molecular formula is C16H9N5O4. The lowest BCUT2D eigenvalue weighted by Crippen LogP contribution is -2.09. The van der Waals surface area contributed by atoms with Gasteiger partial charge in [0.25, 0.3) is 5.69 Å². The molecule has 0 aliphatic rings. The largest absolute Gasteiger partial charge is 0.400 e. The van der Waals surface area contributed by atoms with Crippen LogP contribution >= 0.6 is 0 Å². The van der Waals surface area contributed by atoms with Gasteiger partial charge < -0.3 is 4.42 Å². The van der Waals surface area contributed by atoms with E-state index in [4.69, 9.17) is 4.42 Å². The van der Waals surface area contributed by atoms with Crippen molar-refractivity contribution in [2.45, 2.75) is 0 Å². The Labute approximate surface area is 139 Å². The number of nitro benzene ring substituents is 1. The highest BCUT2D eigenvalue weighted by Gasteiger charge is 2.17. The van der Waals surface area contributed by atoms with Crippen molar-refractivity contribution in [1.29, 1.82) is 0 Å². The molecule has 4 rings (SSSR count). The molecule has 0 radical (unpaired) electrons. The van der Waals surface area contributed by atoms with Gasteiger partial charge in [0.05, 0.1) is 4.92 Å². The summed E-state index contributed by atoms with van der Waals surface area (Å²) < 4.78 is 6.36. The average Bonchev–Trinajstić information content (AvgIpc) is 3.07. The molecule has 0 saturated heterocycles. The van der Waals surface area contributed by atoms with Crippen LogP contribution in [-0.2, 0) is 0 Å². The molecule has 9 nitrogen and oxygen atoms in total. The van der Waals surface area contributed by atoms with Crippen molar-refractivity contribution in [1.82, 2.24) is 20.0 Å². The van der Waals surface area contributed by atoms with Crippen molar-refractivity contribution in [3.8, 4) is 22.7 Å². The highest BCUT2D eigenvalue weighted by atomic mass is 16.6. The van der Waals surface area contributed by atoms with Crippen LogP contribution in [-0.4, -0.2) is 25.0 Å². The first-order valence-electron chi connectivity index (χ1n) is 7.20. The monoisotopic (exact) mass is 335 g/mol. The lowest BCUT2D eigenvalue weighted by atomic mass is 10.1. The first-order valence-corrected chi connectivity index (χ1v) is 7.20. The second kappa shape index (κ2) is 5.64. The summed E-state index contributed by atoms with van der Waals surface area (Å²) in [6, 6.07) is 14.6. The van der Waals surface area contributed by atoms with Gasteiger partial charge >= 0.3 is 5.63 Å². The van der Waals surface area contributed by atoms with Crippen molar-refractivity contribution >= 4 is 11.2 Å². The van der Waals surface area contributed by atoms with E-state index < -0.39 is 10.5 Å². The number of nitrogens with zero attached hydrogens (tertiary/aromatic N) is 5. The number of hydrogen-bond acceptors (Lipinski definition) is 7. The zero-order valence-corrected chi connectivity index (χ0v) is 12.6. The van der Waals surface area contributed by atoms with Crippen LogP contribution < -0.4 is 5.63 Å². The van der Waals surface area contributed by atoms with Gasteiger partial charge in [-0.15, -0.1) is 14.8 Å². The van der Waals surface area contributed by atoms with Gasteiger partial charge in [-0.2, -0.15) is 0 Å². The van der Waals surface area contributed by atoms with Crippen LogP contribution in [0.1, 0.15) is 0 Å². The molecule has 122 valence electrons. The second-order valence-corrected chi connectivity index (χ2v) is 5.14. The molecule has 2 aromatic carbocycles. The van der Waals surface area contributed by atoms with E-state index in [1.807, 2.05) is 18.2 Å². The van der Waals surface area contributed by atoms with Gasteiger partial charge in [0.1, 0.15) is 5.69 Å². The minimum absolute atomic E-state index is 0.00286. The third-order valence-corrected chi connectivity index (χ3v) is 3.59. The molecule has 25 heavy (non-hydrogen) atoms. The summed E-state index contributed by atoms with van der Waals surface area (Å²) in [6.45, 7) is 0. The van der Waals surface area contributed by atoms with Gasteiger partial charge in [-0.1, -0.05) is 30.3 Å². The summed E-state index contributed by atoms with van der Waals surface area (Å²) in [7, 11) is 0. The summed E-state index contributed by atoms with van der Waals surface area (Å²) in [5.41, 5.74) is 0.913. The molecule has 9 heteroatoms. The molecule has 0 spiro atoms. The predicted molar refractivity (Wildman–Crippen MR) is 86.8 cm³/mol. The summed E-state index contributed by atoms with van der Waals surface area (Å²) in [6.07, 6.45) is 0. The van der Waals surface area contributed by atoms with E-state index >= 15 is 0 Å². The molecule has 0 aliphatic heterocycles. The second-order valence-electron chi connectivity index (χ2n) is 5.14. The SMILES string of the molecule is O=c1oc(-c2ccc([N+](=O)[O-])cc2)nn2nnc(-c3ccccc3)c12. The first-order chi connectivity index (χ1) is 12.1. The molecule has 0 amide bonds. The number of benzene rings is 2. The molecule has 2 aromatic heterocycles. The Morgan fingerprint density at radius 3 is 2.40 bits per heavy atom. The van der Waals surface area contributed by atoms with Gasteiger partial charge in [-0.25, -0.2) is 4.79 Å². The molecule has 0 N–H and O–H groups in total. The zero-order chi connectivity index (χ0) is 17.4. The lowest BCUT2D eigenvalue weighted by molar-refractivity contribution is -0.384. The van der Waals surface area contributed by atoms with Gasteiger partial charge in [-0.3, -0.25) is 10.1 Å². The number of non-ortho nitro benzene ring substituents is 1. The van der Waals surface area contributed by atoms with Crippen LogP contribution in [0.15, 0.2) is 63.8 Å². The number of rotatable bonds is 3. The van der Waals surface area contributed by atoms with Gasteiger partial charge in [0.15, 0.2) is 0 Å². The maximum Gasteiger partial charge on any atom is 0.368 e. The molecule has 0 unspecified atom stereocenters. The molecule has 0 atom stereocenters. The Kier molecular flexibility index (Phi) is 3.31. The van der Waals surface area contributed by atoms with Crippen LogP contribution in [0.5, 0.6) is 0 Å². The molecule has 0 fully saturated rings. The highest BCUT2D eigenvalue weighted by molar-refractivity contribution is 5.75. The minimum Gasteiger partial charge on any atom is -0.400 e. The topological polar surface area (TPSA) is 116 Å². The summed E-state index contributed by atoms with van der Waals surface area (Å²) in [4.78, 5) is 22.6. The molecular weight excluding hydrogens is 326 g/mol.